The summed E-state index contributed by atoms with van der Waals surface area (Å²) in [5.74, 6) is 3.09. The van der Waals surface area contributed by atoms with Gasteiger partial charge in [-0.2, -0.15) is 0 Å². The Morgan fingerprint density at radius 3 is 1.60 bits per heavy atom. The Bertz CT molecular complexity index is 2210. The smallest absolute Gasteiger partial charge is 0.164 e. The van der Waals surface area contributed by atoms with Crippen LogP contribution in [0.5, 0.6) is 0 Å². The second-order valence-corrected chi connectivity index (χ2v) is 10.8. The maximum atomic E-state index is 4.98. The van der Waals surface area contributed by atoms with Gasteiger partial charge in [0, 0.05) is 52.6 Å². The fourth-order valence-corrected chi connectivity index (χ4v) is 5.16. The highest BCUT2D eigenvalue weighted by atomic mass is 15.0. The normalized spacial score (nSPS) is 11.5. The van der Waals surface area contributed by atoms with Crippen molar-refractivity contribution in [2.24, 2.45) is 0 Å². The molecule has 0 amide bonds. The van der Waals surface area contributed by atoms with E-state index in [-0.39, 0.29) is 0 Å². The van der Waals surface area contributed by atoms with Gasteiger partial charge in [-0.15, -0.1) is 0 Å². The molecule has 7 aromatic rings. The highest BCUT2D eigenvalue weighted by Gasteiger charge is 2.13. The van der Waals surface area contributed by atoms with Gasteiger partial charge in [-0.3, -0.25) is 0 Å². The molecule has 0 aliphatic heterocycles. The van der Waals surface area contributed by atoms with Gasteiger partial charge in [0.25, 0.3) is 0 Å². The van der Waals surface area contributed by atoms with E-state index in [9.17, 15) is 0 Å². The van der Waals surface area contributed by atoms with Crippen LogP contribution in [0.1, 0.15) is 11.4 Å². The second kappa shape index (κ2) is 14.1. The predicted molar refractivity (Wildman–Crippen MR) is 192 cm³/mol. The Balaban J connectivity index is 1.23. The molecule has 7 rings (SSSR count). The summed E-state index contributed by atoms with van der Waals surface area (Å²) < 4.78 is 0. The highest BCUT2D eigenvalue weighted by molar-refractivity contribution is 5.79. The van der Waals surface area contributed by atoms with E-state index in [0.717, 1.165) is 44.5 Å². The molecule has 7 nitrogen and oxygen atoms in total. The molecule has 228 valence electrons. The quantitative estimate of drug-likeness (QED) is 0.149. The van der Waals surface area contributed by atoms with Gasteiger partial charge in [0.15, 0.2) is 29.1 Å². The Morgan fingerprint density at radius 1 is 0.458 bits per heavy atom. The van der Waals surface area contributed by atoms with Gasteiger partial charge >= 0.3 is 0 Å². The number of hydrogen-bond acceptors (Lipinski definition) is 7. The van der Waals surface area contributed by atoms with Gasteiger partial charge in [-0.05, 0) is 34.9 Å². The van der Waals surface area contributed by atoms with Crippen molar-refractivity contribution in [2.45, 2.75) is 0 Å². The summed E-state index contributed by atoms with van der Waals surface area (Å²) >= 11 is 0. The molecular formula is C41H29N7. The maximum absolute atomic E-state index is 4.98. The topological polar surface area (TPSA) is 90.2 Å². The summed E-state index contributed by atoms with van der Waals surface area (Å²) in [5, 5.41) is 0. The number of nitrogens with zero attached hydrogens (tertiary/aromatic N) is 7. The zero-order valence-corrected chi connectivity index (χ0v) is 25.9. The standard InChI is InChI=1S/C41H29N7/c1-2-9-31(17-14-29-15-18-33(19-16-29)37-42-24-7-25-43-37)39-46-40(32-10-4-3-5-11-32)48-41(47-39)36-13-6-12-35(28-36)30-20-22-34(23-21-30)38-44-26-8-27-45-38/h2-28H,1H2/b17-14+,31-9+. The van der Waals surface area contributed by atoms with Gasteiger partial charge < -0.3 is 0 Å². The van der Waals surface area contributed by atoms with Crippen LogP contribution < -0.4 is 0 Å². The molecule has 4 aromatic carbocycles. The second-order valence-electron chi connectivity index (χ2n) is 10.8. The van der Waals surface area contributed by atoms with Crippen LogP contribution in [-0.4, -0.2) is 34.9 Å². The first-order chi connectivity index (χ1) is 23.7. The molecule has 0 N–H and O–H groups in total. The average molecular weight is 620 g/mol. The van der Waals surface area contributed by atoms with Gasteiger partial charge in [-0.25, -0.2) is 34.9 Å². The Hall–Kier alpha value is -6.73. The molecule has 0 saturated heterocycles. The number of hydrogen-bond donors (Lipinski definition) is 0. The molecule has 0 radical (unpaired) electrons. The van der Waals surface area contributed by atoms with Crippen molar-refractivity contribution in [1.29, 1.82) is 0 Å². The molecule has 48 heavy (non-hydrogen) atoms. The molecule has 0 saturated carbocycles. The lowest BCUT2D eigenvalue weighted by atomic mass is 10.0. The van der Waals surface area contributed by atoms with Crippen LogP contribution in [0.4, 0.5) is 0 Å². The molecule has 0 aliphatic rings. The zero-order chi connectivity index (χ0) is 32.5. The molecule has 0 aliphatic carbocycles. The van der Waals surface area contributed by atoms with Crippen LogP contribution in [0.15, 0.2) is 165 Å². The molecule has 3 aromatic heterocycles. The number of rotatable bonds is 9. The van der Waals surface area contributed by atoms with Crippen molar-refractivity contribution in [3.63, 3.8) is 0 Å². The van der Waals surface area contributed by atoms with Crippen molar-refractivity contribution >= 4 is 11.6 Å². The van der Waals surface area contributed by atoms with Gasteiger partial charge in [-0.1, -0.05) is 128 Å². The van der Waals surface area contributed by atoms with E-state index in [1.165, 1.54) is 0 Å². The minimum absolute atomic E-state index is 0.543. The van der Waals surface area contributed by atoms with Crippen LogP contribution in [0.3, 0.4) is 0 Å². The molecule has 3 heterocycles. The Labute approximate surface area is 278 Å². The van der Waals surface area contributed by atoms with E-state index < -0.39 is 0 Å². The van der Waals surface area contributed by atoms with Crippen molar-refractivity contribution < 1.29 is 0 Å². The van der Waals surface area contributed by atoms with Crippen LogP contribution >= 0.6 is 0 Å². The summed E-state index contributed by atoms with van der Waals surface area (Å²) in [6.07, 6.45) is 14.7. The Kier molecular flexibility index (Phi) is 8.82. The van der Waals surface area contributed by atoms with E-state index in [1.807, 2.05) is 109 Å². The molecular weight excluding hydrogens is 591 g/mol. The van der Waals surface area contributed by atoms with Crippen molar-refractivity contribution in [3.8, 4) is 56.7 Å². The third-order valence-electron chi connectivity index (χ3n) is 7.58. The number of benzene rings is 4. The Morgan fingerprint density at radius 2 is 0.979 bits per heavy atom. The predicted octanol–water partition coefficient (Wildman–Crippen LogP) is 9.07. The van der Waals surface area contributed by atoms with E-state index in [1.54, 1.807) is 30.9 Å². The van der Waals surface area contributed by atoms with Crippen LogP contribution in [0.2, 0.25) is 0 Å². The monoisotopic (exact) mass is 619 g/mol. The van der Waals surface area contributed by atoms with Crippen LogP contribution in [0.25, 0.3) is 68.3 Å². The fourth-order valence-electron chi connectivity index (χ4n) is 5.16. The highest BCUT2D eigenvalue weighted by Crippen LogP contribution is 2.29. The van der Waals surface area contributed by atoms with E-state index in [0.29, 0.717) is 29.1 Å². The third-order valence-corrected chi connectivity index (χ3v) is 7.58. The first-order valence-electron chi connectivity index (χ1n) is 15.4. The molecule has 0 fully saturated rings. The summed E-state index contributed by atoms with van der Waals surface area (Å²) in [7, 11) is 0. The van der Waals surface area contributed by atoms with Gasteiger partial charge in [0.2, 0.25) is 0 Å². The molecule has 7 heteroatoms. The molecule has 0 unspecified atom stereocenters. The van der Waals surface area contributed by atoms with E-state index in [4.69, 9.17) is 15.0 Å². The lowest BCUT2D eigenvalue weighted by molar-refractivity contribution is 1.04. The van der Waals surface area contributed by atoms with Crippen molar-refractivity contribution in [3.05, 3.63) is 176 Å². The molecule has 0 bridgehead atoms. The van der Waals surface area contributed by atoms with Crippen molar-refractivity contribution in [2.75, 3.05) is 0 Å². The fraction of sp³-hybridized carbons (Fsp3) is 0. The third kappa shape index (κ3) is 6.90. The lowest BCUT2D eigenvalue weighted by Crippen LogP contribution is -2.02. The first kappa shape index (κ1) is 30.0. The van der Waals surface area contributed by atoms with Crippen molar-refractivity contribution in [1.82, 2.24) is 34.9 Å². The zero-order valence-electron chi connectivity index (χ0n) is 25.9. The number of allylic oxidation sites excluding steroid dienone is 4. The van der Waals surface area contributed by atoms with Gasteiger partial charge in [0.05, 0.1) is 0 Å². The average Bonchev–Trinajstić information content (AvgIpc) is 3.17. The van der Waals surface area contributed by atoms with Crippen LogP contribution in [0, 0.1) is 0 Å². The first-order valence-corrected chi connectivity index (χ1v) is 15.4. The largest absolute Gasteiger partial charge is 0.237 e. The van der Waals surface area contributed by atoms with E-state index >= 15 is 0 Å². The minimum Gasteiger partial charge on any atom is -0.237 e. The number of aromatic nitrogens is 7. The van der Waals surface area contributed by atoms with Gasteiger partial charge in [0.1, 0.15) is 0 Å². The summed E-state index contributed by atoms with van der Waals surface area (Å²) in [6, 6.07) is 38.1. The molecule has 0 atom stereocenters. The minimum atomic E-state index is 0.543. The van der Waals surface area contributed by atoms with E-state index in [2.05, 4.69) is 50.8 Å². The summed E-state index contributed by atoms with van der Waals surface area (Å²) in [6.45, 7) is 3.95. The maximum Gasteiger partial charge on any atom is 0.164 e. The SMILES string of the molecule is C=C/C=C(\C=C\c1ccc(-c2ncccn2)cc1)c1nc(-c2ccccc2)nc(-c2cccc(-c3ccc(-c4ncccn4)cc3)c2)n1. The molecule has 0 spiro atoms. The summed E-state index contributed by atoms with van der Waals surface area (Å²) in [5.41, 5.74) is 7.61. The van der Waals surface area contributed by atoms with Crippen LogP contribution in [-0.2, 0) is 0 Å². The summed E-state index contributed by atoms with van der Waals surface area (Å²) in [4.78, 5) is 32.2. The lowest BCUT2D eigenvalue weighted by Gasteiger charge is -2.10.